The number of likely N-dealkylation sites (N-methyl/N-ethyl adjacent to an activating group) is 1. The van der Waals surface area contributed by atoms with Crippen LogP contribution < -0.4 is 22.1 Å². The van der Waals surface area contributed by atoms with Gasteiger partial charge in [0.2, 0.25) is 0 Å². The summed E-state index contributed by atoms with van der Waals surface area (Å²) in [4.78, 5) is 26.9. The van der Waals surface area contributed by atoms with Crippen molar-refractivity contribution >= 4 is 74.4 Å². The van der Waals surface area contributed by atoms with Crippen LogP contribution in [0.1, 0.15) is 38.8 Å². The molecule has 0 aromatic heterocycles. The van der Waals surface area contributed by atoms with Gasteiger partial charge in [-0.3, -0.25) is 14.5 Å². The molecule has 0 heterocycles. The van der Waals surface area contributed by atoms with Gasteiger partial charge < -0.3 is 27.0 Å². The first-order valence-corrected chi connectivity index (χ1v) is 20.0. The fourth-order valence-corrected chi connectivity index (χ4v) is 5.50. The van der Waals surface area contributed by atoms with Crippen molar-refractivity contribution in [1.29, 1.82) is 0 Å². The van der Waals surface area contributed by atoms with Crippen molar-refractivity contribution < 1.29 is 9.59 Å². The Morgan fingerprint density at radius 2 is 1.20 bits per heavy atom. The highest BCUT2D eigenvalue weighted by Crippen LogP contribution is 2.19. The largest absolute Gasteiger partial charge is 0.337 e. The minimum Gasteiger partial charge on any atom is -0.337 e. The van der Waals surface area contributed by atoms with Crippen molar-refractivity contribution in [1.82, 2.24) is 20.4 Å². The minimum absolute atomic E-state index is 0.0197. The zero-order chi connectivity index (χ0) is 38.3. The molecule has 13 heteroatoms. The summed E-state index contributed by atoms with van der Waals surface area (Å²) in [6.45, 7) is 10.1. The van der Waals surface area contributed by atoms with Gasteiger partial charge in [0, 0.05) is 73.9 Å². The van der Waals surface area contributed by atoms with E-state index in [1.807, 2.05) is 93.0 Å². The Morgan fingerprint density at radius 1 is 0.745 bits per heavy atom. The average Bonchev–Trinajstić information content (AvgIpc) is 3.14. The lowest BCUT2D eigenvalue weighted by Gasteiger charge is -2.20. The molecule has 0 aliphatic rings. The lowest BCUT2D eigenvalue weighted by Crippen LogP contribution is -2.38. The van der Waals surface area contributed by atoms with E-state index in [0.717, 1.165) is 53.8 Å². The monoisotopic (exact) mass is 880 g/mol. The molecule has 278 valence electrons. The maximum atomic E-state index is 12.3. The first-order valence-electron chi connectivity index (χ1n) is 16.4. The molecule has 0 fully saturated rings. The van der Waals surface area contributed by atoms with Crippen molar-refractivity contribution in [3.05, 3.63) is 140 Å². The van der Waals surface area contributed by atoms with Gasteiger partial charge in [-0.15, -0.1) is 0 Å². The second-order valence-corrected chi connectivity index (χ2v) is 12.7. The van der Waals surface area contributed by atoms with Crippen molar-refractivity contribution in [3.8, 4) is 0 Å². The molecule has 0 aliphatic carbocycles. The molecule has 4 rings (SSSR count). The van der Waals surface area contributed by atoms with Crippen LogP contribution in [-0.2, 0) is 24.9 Å². The highest BCUT2D eigenvalue weighted by atomic mass is 79.9. The van der Waals surface area contributed by atoms with Crippen LogP contribution in [0.3, 0.4) is 0 Å². The predicted molar refractivity (Wildman–Crippen MR) is 229 cm³/mol. The van der Waals surface area contributed by atoms with Gasteiger partial charge in [-0.1, -0.05) is 120 Å². The Morgan fingerprint density at radius 3 is 1.61 bits per heavy atom. The number of carbonyl (C=O) groups is 2. The quantitative estimate of drug-likeness (QED) is 0.0591. The van der Waals surface area contributed by atoms with Crippen molar-refractivity contribution in [2.24, 2.45) is 11.5 Å². The molecule has 0 unspecified atom stereocenters. The molecule has 1 amide bonds. The highest BCUT2D eigenvalue weighted by molar-refractivity contribution is 9.10. The van der Waals surface area contributed by atoms with E-state index in [2.05, 4.69) is 86.3 Å². The van der Waals surface area contributed by atoms with E-state index < -0.39 is 5.24 Å². The zero-order valence-corrected chi connectivity index (χ0v) is 35.4. The van der Waals surface area contributed by atoms with Crippen LogP contribution in [0.5, 0.6) is 0 Å². The fourth-order valence-electron chi connectivity index (χ4n) is 4.30. The summed E-state index contributed by atoms with van der Waals surface area (Å²) in [5, 5.41) is 5.92. The molecule has 0 saturated heterocycles. The SMILES string of the molecule is CCNCCN(CCN)CCN.CN(Cc1ccccc1)C(=O)c1ccccc1Br.CNCc1ccccc1.O=C(Cl)c1ccccc1Br.P=S. The second kappa shape index (κ2) is 32.3. The topological polar surface area (TPSA) is 117 Å². The fraction of sp³-hybridized carbons (Fsp3) is 0.316. The van der Waals surface area contributed by atoms with E-state index in [-0.39, 0.29) is 5.91 Å². The predicted octanol–water partition coefficient (Wildman–Crippen LogP) is 7.36. The number of carbonyl (C=O) groups excluding carboxylic acids is 2. The number of nitrogens with two attached hydrogens (primary N) is 2. The molecule has 0 spiro atoms. The number of hydrogen-bond donors (Lipinski definition) is 4. The molecule has 0 bridgehead atoms. The lowest BCUT2D eigenvalue weighted by molar-refractivity contribution is 0.0784. The van der Waals surface area contributed by atoms with Crippen LogP contribution in [-0.4, -0.2) is 80.9 Å². The second-order valence-electron chi connectivity index (χ2n) is 10.7. The van der Waals surface area contributed by atoms with Crippen molar-refractivity contribution in [2.45, 2.75) is 20.0 Å². The van der Waals surface area contributed by atoms with Gasteiger partial charge in [-0.05, 0) is 84.5 Å². The summed E-state index contributed by atoms with van der Waals surface area (Å²) in [7, 11) is 6.32. The summed E-state index contributed by atoms with van der Waals surface area (Å²) >= 11 is 15.7. The third-order valence-corrected chi connectivity index (χ3v) is 8.35. The molecular formula is C38H52Br2ClN6O2PS. The van der Waals surface area contributed by atoms with Gasteiger partial charge in [0.05, 0.1) is 5.56 Å². The molecule has 0 atom stereocenters. The molecular weight excluding hydrogens is 831 g/mol. The smallest absolute Gasteiger partial charge is 0.255 e. The third-order valence-electron chi connectivity index (χ3n) is 6.77. The summed E-state index contributed by atoms with van der Waals surface area (Å²) < 4.78 is 1.56. The number of hydrogen-bond acceptors (Lipinski definition) is 8. The standard InChI is InChI=1S/C15H14BrNO.C8H22N4.C8H11N.C7H4BrClO.HPS/c1-17(11-12-7-3-2-4-8-12)15(18)13-9-5-6-10-14(13)16;1-2-11-5-8-12(6-3-9)7-4-10;1-9-7-8-5-3-2-4-6-8;8-6-4-2-1-3-5(6)7(9)10;1-2/h2-10H,11H2,1H3;11H,2-10H2,1H3;2-6,9H,7H2,1H3;1-4H;1H. The molecule has 0 saturated carbocycles. The lowest BCUT2D eigenvalue weighted by atomic mass is 10.1. The normalized spacial score (nSPS) is 9.75. The van der Waals surface area contributed by atoms with Gasteiger partial charge in [0.1, 0.15) is 0 Å². The summed E-state index contributed by atoms with van der Waals surface area (Å²) in [6, 6.07) is 34.8. The van der Waals surface area contributed by atoms with Crippen LogP contribution in [0.4, 0.5) is 0 Å². The van der Waals surface area contributed by atoms with E-state index in [1.165, 1.54) is 5.56 Å². The van der Waals surface area contributed by atoms with Gasteiger partial charge in [0.25, 0.3) is 11.1 Å². The molecule has 4 aromatic carbocycles. The van der Waals surface area contributed by atoms with E-state index in [0.29, 0.717) is 30.8 Å². The Hall–Kier alpha value is -2.41. The van der Waals surface area contributed by atoms with Crippen LogP contribution in [0.25, 0.3) is 0 Å². The Bertz CT molecular complexity index is 1480. The number of nitrogens with one attached hydrogen (secondary N) is 2. The van der Waals surface area contributed by atoms with E-state index in [9.17, 15) is 9.59 Å². The van der Waals surface area contributed by atoms with Crippen molar-refractivity contribution in [3.63, 3.8) is 0 Å². The maximum absolute atomic E-state index is 12.3. The van der Waals surface area contributed by atoms with Gasteiger partial charge in [0.15, 0.2) is 0 Å². The van der Waals surface area contributed by atoms with Crippen LogP contribution in [0, 0.1) is 0 Å². The third kappa shape index (κ3) is 23.0. The van der Waals surface area contributed by atoms with E-state index in [1.54, 1.807) is 23.1 Å². The highest BCUT2D eigenvalue weighted by Gasteiger charge is 2.14. The van der Waals surface area contributed by atoms with Crippen LogP contribution in [0.2, 0.25) is 0 Å². The number of amides is 1. The average molecular weight is 883 g/mol. The van der Waals surface area contributed by atoms with Crippen LogP contribution >= 0.6 is 51.5 Å². The Labute approximate surface area is 334 Å². The van der Waals surface area contributed by atoms with Gasteiger partial charge in [-0.25, -0.2) is 0 Å². The summed E-state index contributed by atoms with van der Waals surface area (Å²) in [6.07, 6.45) is 0. The molecule has 0 radical (unpaired) electrons. The number of rotatable bonds is 14. The number of halogens is 3. The van der Waals surface area contributed by atoms with Crippen molar-refractivity contribution in [2.75, 3.05) is 59.9 Å². The summed E-state index contributed by atoms with van der Waals surface area (Å²) in [5.74, 6) is 0.0197. The van der Waals surface area contributed by atoms with E-state index >= 15 is 0 Å². The van der Waals surface area contributed by atoms with E-state index in [4.69, 9.17) is 23.1 Å². The molecule has 51 heavy (non-hydrogen) atoms. The maximum Gasteiger partial charge on any atom is 0.255 e. The van der Waals surface area contributed by atoms with Gasteiger partial charge >= 0.3 is 0 Å². The molecule has 0 aliphatic heterocycles. The minimum atomic E-state index is -0.438. The number of nitrogens with zero attached hydrogens (tertiary/aromatic N) is 2. The first-order chi connectivity index (χ1) is 24.7. The zero-order valence-electron chi connectivity index (χ0n) is 29.7. The van der Waals surface area contributed by atoms with Crippen LogP contribution in [0.15, 0.2) is 118 Å². The molecule has 8 nitrogen and oxygen atoms in total. The Balaban J connectivity index is 0.000000668. The summed E-state index contributed by atoms with van der Waals surface area (Å²) in [5.41, 5.74) is 14.6. The molecule has 6 N–H and O–H groups in total. The molecule has 4 aromatic rings. The first kappa shape index (κ1) is 48.6. The number of benzene rings is 4. The Kier molecular flexibility index (Phi) is 30.7. The van der Waals surface area contributed by atoms with Gasteiger partial charge in [-0.2, -0.15) is 0 Å².